The number of hydrogen-bond donors (Lipinski definition) is 1. The zero-order valence-corrected chi connectivity index (χ0v) is 9.31. The standard InChI is InChI=1S/C12H21NO/c1-3-5-6-7-12(13-4-2)11-8-9-14-10-11/h11-13H,4,6-10H2,1-2H3. The van der Waals surface area contributed by atoms with E-state index in [9.17, 15) is 0 Å². The largest absolute Gasteiger partial charge is 0.381 e. The molecule has 14 heavy (non-hydrogen) atoms. The number of rotatable bonds is 5. The summed E-state index contributed by atoms with van der Waals surface area (Å²) < 4.78 is 5.41. The maximum Gasteiger partial charge on any atom is 0.0510 e. The Morgan fingerprint density at radius 1 is 1.57 bits per heavy atom. The Morgan fingerprint density at radius 2 is 2.43 bits per heavy atom. The molecule has 0 bridgehead atoms. The minimum absolute atomic E-state index is 0.600. The Kier molecular flexibility index (Phi) is 5.66. The van der Waals surface area contributed by atoms with E-state index in [1.54, 1.807) is 0 Å². The minimum atomic E-state index is 0.600. The van der Waals surface area contributed by atoms with Crippen LogP contribution in [-0.2, 0) is 4.74 Å². The van der Waals surface area contributed by atoms with Crippen molar-refractivity contribution in [2.45, 2.75) is 39.2 Å². The van der Waals surface area contributed by atoms with Crippen LogP contribution in [0.5, 0.6) is 0 Å². The van der Waals surface area contributed by atoms with E-state index in [4.69, 9.17) is 4.74 Å². The zero-order chi connectivity index (χ0) is 10.2. The van der Waals surface area contributed by atoms with Gasteiger partial charge in [0.05, 0.1) is 6.61 Å². The van der Waals surface area contributed by atoms with Crippen LogP contribution in [0.15, 0.2) is 0 Å². The number of ether oxygens (including phenoxy) is 1. The van der Waals surface area contributed by atoms with Gasteiger partial charge in [0, 0.05) is 19.1 Å². The van der Waals surface area contributed by atoms with Gasteiger partial charge >= 0.3 is 0 Å². The summed E-state index contributed by atoms with van der Waals surface area (Å²) in [5.74, 6) is 6.78. The summed E-state index contributed by atoms with van der Waals surface area (Å²) in [6.07, 6.45) is 3.37. The molecule has 80 valence electrons. The van der Waals surface area contributed by atoms with E-state index in [0.717, 1.165) is 32.6 Å². The van der Waals surface area contributed by atoms with E-state index < -0.39 is 0 Å². The molecule has 0 amide bonds. The molecule has 0 aromatic carbocycles. The van der Waals surface area contributed by atoms with E-state index >= 15 is 0 Å². The molecular weight excluding hydrogens is 174 g/mol. The highest BCUT2D eigenvalue weighted by molar-refractivity contribution is 4.96. The highest BCUT2D eigenvalue weighted by Gasteiger charge is 2.24. The molecule has 0 aromatic heterocycles. The van der Waals surface area contributed by atoms with Gasteiger partial charge in [0.1, 0.15) is 0 Å². The van der Waals surface area contributed by atoms with Gasteiger partial charge in [-0.3, -0.25) is 0 Å². The molecule has 1 aliphatic heterocycles. The summed E-state index contributed by atoms with van der Waals surface area (Å²) in [5, 5.41) is 3.54. The van der Waals surface area contributed by atoms with Crippen LogP contribution < -0.4 is 5.32 Å². The molecule has 2 heteroatoms. The number of nitrogens with one attached hydrogen (secondary N) is 1. The Labute approximate surface area is 87.4 Å². The molecule has 0 aromatic rings. The monoisotopic (exact) mass is 195 g/mol. The lowest BCUT2D eigenvalue weighted by atomic mass is 9.95. The summed E-state index contributed by atoms with van der Waals surface area (Å²) in [7, 11) is 0. The van der Waals surface area contributed by atoms with Gasteiger partial charge in [-0.1, -0.05) is 6.92 Å². The van der Waals surface area contributed by atoms with E-state index in [1.807, 2.05) is 6.92 Å². The Hall–Kier alpha value is -0.520. The van der Waals surface area contributed by atoms with Gasteiger partial charge in [0.15, 0.2) is 0 Å². The van der Waals surface area contributed by atoms with E-state index in [-0.39, 0.29) is 0 Å². The summed E-state index contributed by atoms with van der Waals surface area (Å²) >= 11 is 0. The molecule has 1 aliphatic rings. The molecule has 1 rings (SSSR count). The maximum atomic E-state index is 5.41. The lowest BCUT2D eigenvalue weighted by Crippen LogP contribution is -2.36. The molecule has 1 fully saturated rings. The molecule has 0 spiro atoms. The second-order valence-electron chi connectivity index (χ2n) is 3.75. The molecule has 0 radical (unpaired) electrons. The third kappa shape index (κ3) is 3.69. The van der Waals surface area contributed by atoms with Crippen molar-refractivity contribution >= 4 is 0 Å². The first kappa shape index (κ1) is 11.6. The third-order valence-corrected chi connectivity index (χ3v) is 2.76. The van der Waals surface area contributed by atoms with Crippen LogP contribution in [0.1, 0.15) is 33.1 Å². The average Bonchev–Trinajstić information content (AvgIpc) is 2.70. The van der Waals surface area contributed by atoms with Gasteiger partial charge in [-0.15, -0.1) is 11.8 Å². The fourth-order valence-corrected chi connectivity index (χ4v) is 1.99. The van der Waals surface area contributed by atoms with Gasteiger partial charge in [-0.25, -0.2) is 0 Å². The normalized spacial score (nSPS) is 22.9. The Balaban J connectivity index is 2.31. The highest BCUT2D eigenvalue weighted by atomic mass is 16.5. The van der Waals surface area contributed by atoms with Crippen molar-refractivity contribution in [3.8, 4) is 11.8 Å². The second kappa shape index (κ2) is 6.86. The van der Waals surface area contributed by atoms with Crippen molar-refractivity contribution in [2.24, 2.45) is 5.92 Å². The van der Waals surface area contributed by atoms with Crippen LogP contribution in [0, 0.1) is 17.8 Å². The molecule has 2 unspecified atom stereocenters. The first-order chi connectivity index (χ1) is 6.88. The Bertz CT molecular complexity index is 198. The van der Waals surface area contributed by atoms with Crippen LogP contribution in [-0.4, -0.2) is 25.8 Å². The first-order valence-electron chi connectivity index (χ1n) is 5.59. The van der Waals surface area contributed by atoms with Gasteiger partial charge in [-0.05, 0) is 32.2 Å². The van der Waals surface area contributed by atoms with Crippen LogP contribution in [0.3, 0.4) is 0 Å². The van der Waals surface area contributed by atoms with Gasteiger partial charge < -0.3 is 10.1 Å². The second-order valence-corrected chi connectivity index (χ2v) is 3.75. The SMILES string of the molecule is CC#CCCC(NCC)C1CCOC1. The van der Waals surface area contributed by atoms with Crippen LogP contribution in [0.2, 0.25) is 0 Å². The molecule has 0 saturated carbocycles. The predicted molar refractivity (Wildman–Crippen MR) is 59.1 cm³/mol. The van der Waals surface area contributed by atoms with E-state index in [2.05, 4.69) is 24.1 Å². The molecule has 2 atom stereocenters. The Morgan fingerprint density at radius 3 is 3.00 bits per heavy atom. The highest BCUT2D eigenvalue weighted by Crippen LogP contribution is 2.19. The zero-order valence-electron chi connectivity index (χ0n) is 9.31. The molecule has 1 saturated heterocycles. The van der Waals surface area contributed by atoms with Crippen molar-refractivity contribution in [3.63, 3.8) is 0 Å². The first-order valence-corrected chi connectivity index (χ1v) is 5.59. The van der Waals surface area contributed by atoms with E-state index in [1.165, 1.54) is 6.42 Å². The maximum absolute atomic E-state index is 5.41. The fourth-order valence-electron chi connectivity index (χ4n) is 1.99. The van der Waals surface area contributed by atoms with Gasteiger partial charge in [0.2, 0.25) is 0 Å². The summed E-state index contributed by atoms with van der Waals surface area (Å²) in [6, 6.07) is 0.600. The quantitative estimate of drug-likeness (QED) is 0.675. The van der Waals surface area contributed by atoms with Gasteiger partial charge in [-0.2, -0.15) is 0 Å². The van der Waals surface area contributed by atoms with Crippen molar-refractivity contribution in [1.29, 1.82) is 0 Å². The van der Waals surface area contributed by atoms with Crippen LogP contribution in [0.25, 0.3) is 0 Å². The molecule has 2 nitrogen and oxygen atoms in total. The van der Waals surface area contributed by atoms with E-state index in [0.29, 0.717) is 12.0 Å². The third-order valence-electron chi connectivity index (χ3n) is 2.76. The molecule has 0 aliphatic carbocycles. The average molecular weight is 195 g/mol. The van der Waals surface area contributed by atoms with Crippen molar-refractivity contribution in [2.75, 3.05) is 19.8 Å². The van der Waals surface area contributed by atoms with Crippen LogP contribution >= 0.6 is 0 Å². The summed E-state index contributed by atoms with van der Waals surface area (Å²) in [6.45, 7) is 6.97. The predicted octanol–water partition coefficient (Wildman–Crippen LogP) is 1.80. The van der Waals surface area contributed by atoms with Crippen LogP contribution in [0.4, 0.5) is 0 Å². The van der Waals surface area contributed by atoms with Crippen molar-refractivity contribution in [3.05, 3.63) is 0 Å². The lowest BCUT2D eigenvalue weighted by molar-refractivity contribution is 0.175. The molecule has 1 N–H and O–H groups in total. The fraction of sp³-hybridized carbons (Fsp3) is 0.833. The minimum Gasteiger partial charge on any atom is -0.381 e. The number of hydrogen-bond acceptors (Lipinski definition) is 2. The summed E-state index contributed by atoms with van der Waals surface area (Å²) in [5.41, 5.74) is 0. The summed E-state index contributed by atoms with van der Waals surface area (Å²) in [4.78, 5) is 0. The van der Waals surface area contributed by atoms with Crippen molar-refractivity contribution < 1.29 is 4.74 Å². The van der Waals surface area contributed by atoms with Crippen molar-refractivity contribution in [1.82, 2.24) is 5.32 Å². The topological polar surface area (TPSA) is 21.3 Å². The lowest BCUT2D eigenvalue weighted by Gasteiger charge is -2.22. The molecule has 1 heterocycles. The smallest absolute Gasteiger partial charge is 0.0510 e. The van der Waals surface area contributed by atoms with Gasteiger partial charge in [0.25, 0.3) is 0 Å². The molecular formula is C12H21NO.